The Morgan fingerprint density at radius 2 is 2.00 bits per heavy atom. The van der Waals surface area contributed by atoms with Gasteiger partial charge < -0.3 is 10.2 Å². The highest BCUT2D eigenvalue weighted by Gasteiger charge is 2.41. The van der Waals surface area contributed by atoms with Crippen molar-refractivity contribution in [3.8, 4) is 0 Å². The fourth-order valence-corrected chi connectivity index (χ4v) is 3.88. The van der Waals surface area contributed by atoms with E-state index in [2.05, 4.69) is 17.1 Å². The van der Waals surface area contributed by atoms with Gasteiger partial charge in [0.15, 0.2) is 0 Å². The Kier molecular flexibility index (Phi) is 3.68. The molecule has 0 saturated carbocycles. The van der Waals surface area contributed by atoms with Crippen LogP contribution in [-0.4, -0.2) is 24.7 Å². The third-order valence-corrected chi connectivity index (χ3v) is 4.65. The molecule has 2 saturated heterocycles. The van der Waals surface area contributed by atoms with Crippen LogP contribution in [0, 0.1) is 5.82 Å². The van der Waals surface area contributed by atoms with Gasteiger partial charge in [-0.15, -0.1) is 0 Å². The molecule has 2 heterocycles. The van der Waals surface area contributed by atoms with E-state index in [1.54, 1.807) is 12.1 Å². The van der Waals surface area contributed by atoms with E-state index in [-0.39, 0.29) is 5.82 Å². The molecule has 2 nitrogen and oxygen atoms in total. The summed E-state index contributed by atoms with van der Waals surface area (Å²) in [6, 6.07) is 6.37. The summed E-state index contributed by atoms with van der Waals surface area (Å²) in [6.07, 6.45) is 4.55. The molecular formula is C15H20ClFN2. The minimum absolute atomic E-state index is 0.150. The first-order chi connectivity index (χ1) is 9.19. The first kappa shape index (κ1) is 13.2. The largest absolute Gasteiger partial charge is 0.363 e. The summed E-state index contributed by atoms with van der Waals surface area (Å²) >= 11 is 6.02. The van der Waals surface area contributed by atoms with Crippen molar-refractivity contribution in [3.05, 3.63) is 29.0 Å². The molecular weight excluding hydrogens is 263 g/mol. The van der Waals surface area contributed by atoms with Crippen LogP contribution in [0.15, 0.2) is 18.2 Å². The Hall–Kier alpha value is -0.800. The summed E-state index contributed by atoms with van der Waals surface area (Å²) in [5.41, 5.74) is 0.690. The molecule has 2 aliphatic rings. The van der Waals surface area contributed by atoms with Crippen LogP contribution in [0.1, 0.15) is 32.6 Å². The molecule has 0 aliphatic carbocycles. The van der Waals surface area contributed by atoms with Crippen LogP contribution >= 0.6 is 11.6 Å². The fourth-order valence-electron chi connectivity index (χ4n) is 3.71. The highest BCUT2D eigenvalue weighted by atomic mass is 35.5. The minimum atomic E-state index is -0.150. The average Bonchev–Trinajstić information content (AvgIpc) is 2.64. The fraction of sp³-hybridized carbons (Fsp3) is 0.600. The molecule has 2 bridgehead atoms. The van der Waals surface area contributed by atoms with Crippen molar-refractivity contribution in [2.45, 2.75) is 50.7 Å². The van der Waals surface area contributed by atoms with E-state index in [1.165, 1.54) is 18.9 Å². The van der Waals surface area contributed by atoms with Crippen LogP contribution in [0.2, 0.25) is 5.02 Å². The Morgan fingerprint density at radius 1 is 1.32 bits per heavy atom. The standard InChI is InChI=1S/C15H20ClFN2/c1-2-18-11-8-12-4-5-13(9-11)19(12)15-7-10(16)3-6-14(15)17/h3,6-7,11-13,18H,2,4-5,8-9H2,1H3. The number of halogens is 2. The minimum Gasteiger partial charge on any atom is -0.363 e. The maximum absolute atomic E-state index is 14.1. The maximum atomic E-state index is 14.1. The normalized spacial score (nSPS) is 29.8. The average molecular weight is 283 g/mol. The molecule has 2 unspecified atom stereocenters. The summed E-state index contributed by atoms with van der Waals surface area (Å²) in [6.45, 7) is 3.15. The number of hydrogen-bond acceptors (Lipinski definition) is 2. The molecule has 2 atom stereocenters. The van der Waals surface area contributed by atoms with Crippen molar-refractivity contribution in [2.75, 3.05) is 11.4 Å². The first-order valence-corrected chi connectivity index (χ1v) is 7.53. The van der Waals surface area contributed by atoms with Crippen LogP contribution in [0.5, 0.6) is 0 Å². The Balaban J connectivity index is 1.85. The Morgan fingerprint density at radius 3 is 2.63 bits per heavy atom. The van der Waals surface area contributed by atoms with Crippen molar-refractivity contribution in [2.24, 2.45) is 0 Å². The SMILES string of the molecule is CCNC1CC2CCC(C1)N2c1cc(Cl)ccc1F. The molecule has 1 aromatic rings. The molecule has 0 aromatic heterocycles. The third-order valence-electron chi connectivity index (χ3n) is 4.41. The molecule has 0 spiro atoms. The number of hydrogen-bond donors (Lipinski definition) is 1. The van der Waals surface area contributed by atoms with Crippen LogP contribution in [0.4, 0.5) is 10.1 Å². The summed E-state index contributed by atoms with van der Waals surface area (Å²) in [5, 5.41) is 4.15. The highest BCUT2D eigenvalue weighted by molar-refractivity contribution is 6.30. The lowest BCUT2D eigenvalue weighted by molar-refractivity contribution is 0.359. The zero-order valence-corrected chi connectivity index (χ0v) is 12.0. The van der Waals surface area contributed by atoms with Gasteiger partial charge in [-0.05, 0) is 50.4 Å². The Bertz CT molecular complexity index is 451. The smallest absolute Gasteiger partial charge is 0.146 e. The van der Waals surface area contributed by atoms with Gasteiger partial charge in [0.05, 0.1) is 5.69 Å². The maximum Gasteiger partial charge on any atom is 0.146 e. The van der Waals surface area contributed by atoms with Crippen LogP contribution in [0.3, 0.4) is 0 Å². The molecule has 2 fully saturated rings. The van der Waals surface area contributed by atoms with E-state index in [0.717, 1.165) is 19.4 Å². The van der Waals surface area contributed by atoms with Gasteiger partial charge in [0, 0.05) is 23.1 Å². The second kappa shape index (κ2) is 5.29. The molecule has 3 rings (SSSR count). The summed E-state index contributed by atoms with van der Waals surface area (Å²) < 4.78 is 14.1. The molecule has 19 heavy (non-hydrogen) atoms. The van der Waals surface area contributed by atoms with Crippen molar-refractivity contribution in [1.29, 1.82) is 0 Å². The van der Waals surface area contributed by atoms with Gasteiger partial charge in [-0.2, -0.15) is 0 Å². The van der Waals surface area contributed by atoms with Crippen molar-refractivity contribution < 1.29 is 4.39 Å². The lowest BCUT2D eigenvalue weighted by Gasteiger charge is -2.41. The first-order valence-electron chi connectivity index (χ1n) is 7.15. The molecule has 1 N–H and O–H groups in total. The van der Waals surface area contributed by atoms with Gasteiger partial charge in [0.2, 0.25) is 0 Å². The number of piperidine rings is 1. The molecule has 0 radical (unpaired) electrons. The number of rotatable bonds is 3. The lowest BCUT2D eigenvalue weighted by Crippen LogP contribution is -2.49. The Labute approximate surface area is 118 Å². The van der Waals surface area contributed by atoms with Gasteiger partial charge in [0.25, 0.3) is 0 Å². The zero-order chi connectivity index (χ0) is 13.4. The molecule has 4 heteroatoms. The second-order valence-electron chi connectivity index (χ2n) is 5.61. The van der Waals surface area contributed by atoms with E-state index in [4.69, 9.17) is 11.6 Å². The quantitative estimate of drug-likeness (QED) is 0.911. The van der Waals surface area contributed by atoms with E-state index >= 15 is 0 Å². The zero-order valence-electron chi connectivity index (χ0n) is 11.2. The molecule has 2 aliphatic heterocycles. The predicted octanol–water partition coefficient (Wildman–Crippen LogP) is 3.59. The monoisotopic (exact) mass is 282 g/mol. The van der Waals surface area contributed by atoms with Gasteiger partial charge in [0.1, 0.15) is 5.82 Å². The number of nitrogens with zero attached hydrogens (tertiary/aromatic N) is 1. The summed E-state index contributed by atoms with van der Waals surface area (Å²) in [4.78, 5) is 2.27. The van der Waals surface area contributed by atoms with Crippen LogP contribution < -0.4 is 10.2 Å². The van der Waals surface area contributed by atoms with Crippen molar-refractivity contribution >= 4 is 17.3 Å². The van der Waals surface area contributed by atoms with Gasteiger partial charge in [-0.3, -0.25) is 0 Å². The van der Waals surface area contributed by atoms with E-state index in [0.29, 0.717) is 28.8 Å². The van der Waals surface area contributed by atoms with Gasteiger partial charge in [-0.25, -0.2) is 4.39 Å². The van der Waals surface area contributed by atoms with E-state index in [9.17, 15) is 4.39 Å². The predicted molar refractivity (Wildman–Crippen MR) is 77.4 cm³/mol. The molecule has 0 amide bonds. The third kappa shape index (κ3) is 2.46. The number of nitrogens with one attached hydrogen (secondary N) is 1. The summed E-state index contributed by atoms with van der Waals surface area (Å²) in [7, 11) is 0. The highest BCUT2D eigenvalue weighted by Crippen LogP contribution is 2.40. The van der Waals surface area contributed by atoms with E-state index < -0.39 is 0 Å². The molecule has 104 valence electrons. The van der Waals surface area contributed by atoms with Crippen LogP contribution in [-0.2, 0) is 0 Å². The second-order valence-corrected chi connectivity index (χ2v) is 6.05. The number of benzene rings is 1. The van der Waals surface area contributed by atoms with Crippen molar-refractivity contribution in [3.63, 3.8) is 0 Å². The van der Waals surface area contributed by atoms with Crippen molar-refractivity contribution in [1.82, 2.24) is 5.32 Å². The summed E-state index contributed by atoms with van der Waals surface area (Å²) in [5.74, 6) is -0.150. The molecule has 1 aromatic carbocycles. The van der Waals surface area contributed by atoms with Gasteiger partial charge >= 0.3 is 0 Å². The van der Waals surface area contributed by atoms with Gasteiger partial charge in [-0.1, -0.05) is 18.5 Å². The number of anilines is 1. The lowest BCUT2D eigenvalue weighted by atomic mass is 9.96. The number of fused-ring (bicyclic) bond motifs is 2. The van der Waals surface area contributed by atoms with Crippen LogP contribution in [0.25, 0.3) is 0 Å². The topological polar surface area (TPSA) is 15.3 Å². The van der Waals surface area contributed by atoms with E-state index in [1.807, 2.05) is 0 Å².